The summed E-state index contributed by atoms with van der Waals surface area (Å²) >= 11 is 0. The van der Waals surface area contributed by atoms with Crippen LogP contribution in [0.25, 0.3) is 0 Å². The molecular formula is C19H24N4O3S. The van der Waals surface area contributed by atoms with E-state index in [4.69, 9.17) is 0 Å². The maximum atomic E-state index is 12.5. The molecule has 144 valence electrons. The zero-order valence-electron chi connectivity index (χ0n) is 15.3. The molecule has 1 amide bonds. The summed E-state index contributed by atoms with van der Waals surface area (Å²) in [7, 11) is -3.47. The van der Waals surface area contributed by atoms with Crippen molar-refractivity contribution >= 4 is 27.4 Å². The normalized spacial score (nSPS) is 14.9. The van der Waals surface area contributed by atoms with Crippen LogP contribution in [0.4, 0.5) is 11.5 Å². The Morgan fingerprint density at radius 1 is 1.11 bits per heavy atom. The van der Waals surface area contributed by atoms with E-state index >= 15 is 0 Å². The second-order valence-corrected chi connectivity index (χ2v) is 8.39. The Kier molecular flexibility index (Phi) is 6.08. The van der Waals surface area contributed by atoms with Crippen molar-refractivity contribution in [3.63, 3.8) is 0 Å². The summed E-state index contributed by atoms with van der Waals surface area (Å²) in [5.41, 5.74) is 1.27. The number of carbonyl (C=O) groups is 1. The van der Waals surface area contributed by atoms with E-state index in [0.29, 0.717) is 24.5 Å². The van der Waals surface area contributed by atoms with E-state index in [1.165, 1.54) is 28.6 Å². The van der Waals surface area contributed by atoms with E-state index in [2.05, 4.69) is 22.5 Å². The number of amides is 1. The molecule has 27 heavy (non-hydrogen) atoms. The van der Waals surface area contributed by atoms with Crippen LogP contribution in [0.1, 0.15) is 36.5 Å². The molecule has 2 aromatic rings. The summed E-state index contributed by atoms with van der Waals surface area (Å²) in [6.07, 6.45) is 4.46. The molecule has 2 N–H and O–H groups in total. The predicted molar refractivity (Wildman–Crippen MR) is 105 cm³/mol. The first-order chi connectivity index (χ1) is 13.0. The van der Waals surface area contributed by atoms with E-state index in [-0.39, 0.29) is 10.8 Å². The van der Waals surface area contributed by atoms with Crippen molar-refractivity contribution in [3.05, 3.63) is 48.2 Å². The lowest BCUT2D eigenvalue weighted by atomic mass is 10.2. The summed E-state index contributed by atoms with van der Waals surface area (Å²) in [6.45, 7) is 4.05. The highest BCUT2D eigenvalue weighted by molar-refractivity contribution is 7.89. The molecule has 0 radical (unpaired) electrons. The zero-order chi connectivity index (χ0) is 19.3. The van der Waals surface area contributed by atoms with Crippen LogP contribution in [0.2, 0.25) is 0 Å². The largest absolute Gasteiger partial charge is 0.384 e. The third-order valence-corrected chi connectivity index (χ3v) is 6.32. The Hall–Kier alpha value is -2.45. The number of rotatable bonds is 7. The van der Waals surface area contributed by atoms with Crippen molar-refractivity contribution in [2.24, 2.45) is 0 Å². The number of hydrogen-bond acceptors (Lipinski definition) is 5. The SMILES string of the molecule is CCCNc1ccc(NC(=O)c2ccc(S(=O)(=O)N3CCCC3)cc2)nc1. The molecule has 0 bridgehead atoms. The molecule has 1 aromatic heterocycles. The molecule has 0 aliphatic carbocycles. The molecular weight excluding hydrogens is 364 g/mol. The molecule has 3 rings (SSSR count). The predicted octanol–water partition coefficient (Wildman–Crippen LogP) is 2.94. The first-order valence-corrected chi connectivity index (χ1v) is 10.6. The summed E-state index contributed by atoms with van der Waals surface area (Å²) in [5.74, 6) is 0.109. The van der Waals surface area contributed by atoms with Gasteiger partial charge in [-0.25, -0.2) is 13.4 Å². The van der Waals surface area contributed by atoms with Gasteiger partial charge in [-0.15, -0.1) is 0 Å². The van der Waals surface area contributed by atoms with Crippen LogP contribution in [0.3, 0.4) is 0 Å². The van der Waals surface area contributed by atoms with Crippen molar-refractivity contribution in [1.29, 1.82) is 0 Å². The second-order valence-electron chi connectivity index (χ2n) is 6.45. The van der Waals surface area contributed by atoms with Crippen LogP contribution >= 0.6 is 0 Å². The molecule has 1 aliphatic heterocycles. The number of nitrogens with zero attached hydrogens (tertiary/aromatic N) is 2. The number of aromatic nitrogens is 1. The summed E-state index contributed by atoms with van der Waals surface area (Å²) in [4.78, 5) is 16.8. The van der Waals surface area contributed by atoms with Gasteiger partial charge in [-0.05, 0) is 55.7 Å². The van der Waals surface area contributed by atoms with Crippen LogP contribution in [0, 0.1) is 0 Å². The summed E-state index contributed by atoms with van der Waals surface area (Å²) in [6, 6.07) is 9.58. The topological polar surface area (TPSA) is 91.4 Å². The van der Waals surface area contributed by atoms with E-state index in [1.807, 2.05) is 6.07 Å². The van der Waals surface area contributed by atoms with E-state index in [0.717, 1.165) is 31.5 Å². The van der Waals surface area contributed by atoms with Crippen molar-refractivity contribution in [2.45, 2.75) is 31.1 Å². The Bertz CT molecular complexity index is 874. The minimum atomic E-state index is -3.47. The molecule has 0 atom stereocenters. The van der Waals surface area contributed by atoms with Gasteiger partial charge in [0.15, 0.2) is 0 Å². The number of anilines is 2. The highest BCUT2D eigenvalue weighted by Gasteiger charge is 2.27. The fraction of sp³-hybridized carbons (Fsp3) is 0.368. The maximum Gasteiger partial charge on any atom is 0.256 e. The van der Waals surface area contributed by atoms with Crippen molar-refractivity contribution < 1.29 is 13.2 Å². The van der Waals surface area contributed by atoms with Gasteiger partial charge in [0.2, 0.25) is 10.0 Å². The number of benzene rings is 1. The molecule has 8 heteroatoms. The average molecular weight is 388 g/mol. The van der Waals surface area contributed by atoms with Crippen molar-refractivity contribution in [1.82, 2.24) is 9.29 Å². The fourth-order valence-electron chi connectivity index (χ4n) is 2.89. The van der Waals surface area contributed by atoms with Gasteiger partial charge in [-0.1, -0.05) is 6.92 Å². The van der Waals surface area contributed by atoms with E-state index < -0.39 is 10.0 Å². The molecule has 7 nitrogen and oxygen atoms in total. The summed E-state index contributed by atoms with van der Waals surface area (Å²) in [5, 5.41) is 5.93. The van der Waals surface area contributed by atoms with Crippen LogP contribution < -0.4 is 10.6 Å². The van der Waals surface area contributed by atoms with Gasteiger partial charge in [-0.2, -0.15) is 4.31 Å². The van der Waals surface area contributed by atoms with Gasteiger partial charge >= 0.3 is 0 Å². The minimum Gasteiger partial charge on any atom is -0.384 e. The third kappa shape index (κ3) is 4.64. The molecule has 2 heterocycles. The molecule has 0 unspecified atom stereocenters. The Balaban J connectivity index is 1.65. The second kappa shape index (κ2) is 8.49. The lowest BCUT2D eigenvalue weighted by Gasteiger charge is -2.15. The molecule has 0 saturated carbocycles. The maximum absolute atomic E-state index is 12.5. The monoisotopic (exact) mass is 388 g/mol. The third-order valence-electron chi connectivity index (χ3n) is 4.40. The van der Waals surface area contributed by atoms with Crippen molar-refractivity contribution in [3.8, 4) is 0 Å². The van der Waals surface area contributed by atoms with Gasteiger partial charge in [0.1, 0.15) is 5.82 Å². The molecule has 1 aromatic carbocycles. The van der Waals surface area contributed by atoms with Gasteiger partial charge in [0, 0.05) is 25.2 Å². The van der Waals surface area contributed by atoms with Gasteiger partial charge < -0.3 is 10.6 Å². The lowest BCUT2D eigenvalue weighted by molar-refractivity contribution is 0.102. The zero-order valence-corrected chi connectivity index (χ0v) is 16.1. The first-order valence-electron chi connectivity index (χ1n) is 9.12. The highest BCUT2D eigenvalue weighted by Crippen LogP contribution is 2.21. The molecule has 0 spiro atoms. The Morgan fingerprint density at radius 2 is 1.81 bits per heavy atom. The van der Waals surface area contributed by atoms with Gasteiger partial charge in [-0.3, -0.25) is 4.79 Å². The van der Waals surface area contributed by atoms with Crippen LogP contribution in [0.5, 0.6) is 0 Å². The van der Waals surface area contributed by atoms with Crippen LogP contribution in [-0.2, 0) is 10.0 Å². The van der Waals surface area contributed by atoms with Crippen molar-refractivity contribution in [2.75, 3.05) is 30.3 Å². The van der Waals surface area contributed by atoms with Gasteiger partial charge in [0.25, 0.3) is 5.91 Å². The first kappa shape index (κ1) is 19.3. The molecule has 1 fully saturated rings. The number of carbonyl (C=O) groups excluding carboxylic acids is 1. The Labute approximate surface area is 159 Å². The standard InChI is InChI=1S/C19H24N4O3S/c1-2-11-20-16-7-10-18(21-14-16)22-19(24)15-5-8-17(9-6-15)27(25,26)23-12-3-4-13-23/h5-10,14,20H,2-4,11-13H2,1H3,(H,21,22,24). The van der Waals surface area contributed by atoms with Crippen LogP contribution in [-0.4, -0.2) is 43.2 Å². The lowest BCUT2D eigenvalue weighted by Crippen LogP contribution is -2.27. The average Bonchev–Trinajstić information content (AvgIpc) is 3.23. The molecule has 1 saturated heterocycles. The van der Waals surface area contributed by atoms with Gasteiger partial charge in [0.05, 0.1) is 16.8 Å². The van der Waals surface area contributed by atoms with E-state index in [9.17, 15) is 13.2 Å². The number of nitrogens with one attached hydrogen (secondary N) is 2. The van der Waals surface area contributed by atoms with Crippen LogP contribution in [0.15, 0.2) is 47.5 Å². The fourth-order valence-corrected chi connectivity index (χ4v) is 4.40. The summed E-state index contributed by atoms with van der Waals surface area (Å²) < 4.78 is 26.5. The number of hydrogen-bond donors (Lipinski definition) is 2. The quantitative estimate of drug-likeness (QED) is 0.761. The molecule has 1 aliphatic rings. The Morgan fingerprint density at radius 3 is 2.41 bits per heavy atom. The highest BCUT2D eigenvalue weighted by atomic mass is 32.2. The van der Waals surface area contributed by atoms with E-state index in [1.54, 1.807) is 12.3 Å². The minimum absolute atomic E-state index is 0.213. The number of pyridine rings is 1. The number of sulfonamides is 1. The smallest absolute Gasteiger partial charge is 0.256 e.